The quantitative estimate of drug-likeness (QED) is 0.444. The van der Waals surface area contributed by atoms with Gasteiger partial charge in [0.2, 0.25) is 0 Å². The number of quaternary nitrogens is 1. The van der Waals surface area contributed by atoms with E-state index < -0.39 is 0 Å². The summed E-state index contributed by atoms with van der Waals surface area (Å²) in [4.78, 5) is 6.33. The average molecular weight is 416 g/mol. The van der Waals surface area contributed by atoms with E-state index in [-0.39, 0.29) is 5.92 Å². The molecular formula is C21H27N4OS2+. The van der Waals surface area contributed by atoms with Gasteiger partial charge in [-0.1, -0.05) is 24.3 Å². The molecular weight excluding hydrogens is 388 g/mol. The van der Waals surface area contributed by atoms with E-state index in [0.717, 1.165) is 51.0 Å². The molecule has 1 aromatic carbocycles. The maximum atomic E-state index is 5.53. The predicted molar refractivity (Wildman–Crippen MR) is 119 cm³/mol. The molecule has 3 aromatic rings. The molecule has 1 aliphatic heterocycles. The monoisotopic (exact) mass is 415 g/mol. The lowest BCUT2D eigenvalue weighted by Crippen LogP contribution is -3.14. The molecule has 0 aliphatic carbocycles. The Morgan fingerprint density at radius 2 is 2.04 bits per heavy atom. The van der Waals surface area contributed by atoms with Crippen LogP contribution in [0.15, 0.2) is 48.0 Å². The van der Waals surface area contributed by atoms with Crippen molar-refractivity contribution in [3.63, 3.8) is 0 Å². The van der Waals surface area contributed by atoms with Gasteiger partial charge in [-0.2, -0.15) is 0 Å². The van der Waals surface area contributed by atoms with Crippen LogP contribution in [0.25, 0.3) is 10.9 Å². The van der Waals surface area contributed by atoms with Crippen LogP contribution in [0.2, 0.25) is 0 Å². The predicted octanol–water partition coefficient (Wildman–Crippen LogP) is 1.74. The molecule has 4 N–H and O–H groups in total. The molecule has 7 heteroatoms. The number of thiophene rings is 1. The number of thiocarbonyl (C=S) groups is 1. The summed E-state index contributed by atoms with van der Waals surface area (Å²) in [6.07, 6.45) is 2.13. The summed E-state index contributed by atoms with van der Waals surface area (Å²) < 4.78 is 5.41. The van der Waals surface area contributed by atoms with Crippen LogP contribution in [-0.4, -0.2) is 56.0 Å². The number of ether oxygens (including phenoxy) is 1. The van der Waals surface area contributed by atoms with Crippen molar-refractivity contribution in [3.8, 4) is 0 Å². The van der Waals surface area contributed by atoms with Crippen LogP contribution in [0.1, 0.15) is 16.4 Å². The molecule has 0 amide bonds. The summed E-state index contributed by atoms with van der Waals surface area (Å²) in [5, 5.41) is 11.0. The third-order valence-corrected chi connectivity index (χ3v) is 6.59. The lowest BCUT2D eigenvalue weighted by molar-refractivity contribution is -0.906. The smallest absolute Gasteiger partial charge is 0.166 e. The third-order valence-electron chi connectivity index (χ3n) is 5.31. The molecule has 0 spiro atoms. The fourth-order valence-corrected chi connectivity index (χ4v) is 4.79. The Bertz CT molecular complexity index is 887. The number of aromatic nitrogens is 1. The summed E-state index contributed by atoms with van der Waals surface area (Å²) in [6, 6.07) is 12.8. The summed E-state index contributed by atoms with van der Waals surface area (Å²) in [6.45, 7) is 6.64. The number of nitrogens with one attached hydrogen (secondary N) is 4. The first kappa shape index (κ1) is 19.4. The van der Waals surface area contributed by atoms with Crippen molar-refractivity contribution in [2.24, 2.45) is 0 Å². The Hall–Kier alpha value is -1.93. The minimum Gasteiger partial charge on any atom is -0.370 e. The molecule has 148 valence electrons. The molecule has 3 heterocycles. The summed E-state index contributed by atoms with van der Waals surface area (Å²) in [5.41, 5.74) is 2.49. The van der Waals surface area contributed by atoms with Gasteiger partial charge in [-0.15, -0.1) is 11.3 Å². The van der Waals surface area contributed by atoms with Crippen LogP contribution < -0.4 is 15.5 Å². The van der Waals surface area contributed by atoms with Gasteiger partial charge in [0.05, 0.1) is 26.3 Å². The topological polar surface area (TPSA) is 53.5 Å². The first-order chi connectivity index (χ1) is 13.8. The first-order valence-electron chi connectivity index (χ1n) is 9.83. The normalized spacial score (nSPS) is 16.1. The van der Waals surface area contributed by atoms with Crippen molar-refractivity contribution < 1.29 is 9.64 Å². The van der Waals surface area contributed by atoms with Gasteiger partial charge in [0, 0.05) is 34.4 Å². The van der Waals surface area contributed by atoms with Gasteiger partial charge in [-0.3, -0.25) is 0 Å². The number of fused-ring (bicyclic) bond motifs is 1. The van der Waals surface area contributed by atoms with E-state index in [4.69, 9.17) is 17.0 Å². The fourth-order valence-electron chi connectivity index (χ4n) is 3.76. The maximum absolute atomic E-state index is 5.53. The van der Waals surface area contributed by atoms with Crippen LogP contribution in [0.3, 0.4) is 0 Å². The third kappa shape index (κ3) is 4.72. The van der Waals surface area contributed by atoms with E-state index in [2.05, 4.69) is 63.6 Å². The highest BCUT2D eigenvalue weighted by Gasteiger charge is 2.19. The SMILES string of the molecule is S=C(NCC[NH+]1CCOCC1)NC[C@H](c1cccs1)c1c[nH]c2ccccc12. The Balaban J connectivity index is 1.36. The average Bonchev–Trinajstić information content (AvgIpc) is 3.40. The van der Waals surface area contributed by atoms with E-state index in [1.807, 2.05) is 0 Å². The molecule has 1 saturated heterocycles. The van der Waals surface area contributed by atoms with Gasteiger partial charge >= 0.3 is 0 Å². The standard InChI is InChI=1S/C21H26N4OS2/c27-21(22-7-8-25-9-11-26-12-10-25)24-15-18(20-6-3-13-28-20)17-14-23-19-5-2-1-4-16(17)19/h1-6,13-14,18,23H,7-12,15H2,(H2,22,24,27)/p+1/t18-/m0/s1. The summed E-state index contributed by atoms with van der Waals surface area (Å²) in [7, 11) is 0. The molecule has 5 nitrogen and oxygen atoms in total. The van der Waals surface area contributed by atoms with Crippen molar-refractivity contribution in [1.82, 2.24) is 15.6 Å². The molecule has 1 fully saturated rings. The largest absolute Gasteiger partial charge is 0.370 e. The second kappa shape index (κ2) is 9.52. The number of benzene rings is 1. The maximum Gasteiger partial charge on any atom is 0.166 e. The molecule has 4 rings (SSSR count). The number of hydrogen-bond donors (Lipinski definition) is 4. The van der Waals surface area contributed by atoms with E-state index in [9.17, 15) is 0 Å². The molecule has 0 unspecified atom stereocenters. The zero-order valence-corrected chi connectivity index (χ0v) is 17.5. The Kier molecular flexibility index (Phi) is 6.59. The van der Waals surface area contributed by atoms with Gasteiger partial charge < -0.3 is 25.3 Å². The Labute approximate surface area is 175 Å². The minimum atomic E-state index is 0.265. The molecule has 0 radical (unpaired) electrons. The van der Waals surface area contributed by atoms with Crippen molar-refractivity contribution in [3.05, 3.63) is 58.4 Å². The lowest BCUT2D eigenvalue weighted by Gasteiger charge is -2.24. The van der Waals surface area contributed by atoms with Crippen LogP contribution in [0, 0.1) is 0 Å². The number of aromatic amines is 1. The number of rotatable bonds is 7. The lowest BCUT2D eigenvalue weighted by atomic mass is 9.97. The molecule has 1 aliphatic rings. The molecule has 0 saturated carbocycles. The minimum absolute atomic E-state index is 0.265. The van der Waals surface area contributed by atoms with Gasteiger partial charge in [-0.05, 0) is 35.3 Å². The second-order valence-corrected chi connectivity index (χ2v) is 8.49. The van der Waals surface area contributed by atoms with Gasteiger partial charge in [0.15, 0.2) is 5.11 Å². The van der Waals surface area contributed by atoms with Gasteiger partial charge in [-0.25, -0.2) is 0 Å². The summed E-state index contributed by atoms with van der Waals surface area (Å²) in [5.74, 6) is 0.265. The van der Waals surface area contributed by atoms with Crippen molar-refractivity contribution in [1.29, 1.82) is 0 Å². The molecule has 28 heavy (non-hydrogen) atoms. The van der Waals surface area contributed by atoms with Crippen LogP contribution >= 0.6 is 23.6 Å². The number of H-pyrrole nitrogens is 1. The van der Waals surface area contributed by atoms with Gasteiger partial charge in [0.25, 0.3) is 0 Å². The van der Waals surface area contributed by atoms with Gasteiger partial charge in [0.1, 0.15) is 13.1 Å². The van der Waals surface area contributed by atoms with E-state index >= 15 is 0 Å². The fraction of sp³-hybridized carbons (Fsp3) is 0.381. The van der Waals surface area contributed by atoms with Crippen molar-refractivity contribution >= 4 is 39.6 Å². The van der Waals surface area contributed by atoms with Crippen LogP contribution in [0.5, 0.6) is 0 Å². The van der Waals surface area contributed by atoms with E-state index in [1.165, 1.54) is 21.3 Å². The highest BCUT2D eigenvalue weighted by atomic mass is 32.1. The van der Waals surface area contributed by atoms with E-state index in [1.54, 1.807) is 16.2 Å². The van der Waals surface area contributed by atoms with Crippen molar-refractivity contribution in [2.45, 2.75) is 5.92 Å². The first-order valence-corrected chi connectivity index (χ1v) is 11.1. The number of hydrogen-bond acceptors (Lipinski definition) is 3. The van der Waals surface area contributed by atoms with Crippen molar-refractivity contribution in [2.75, 3.05) is 45.9 Å². The number of morpholine rings is 1. The Morgan fingerprint density at radius 1 is 1.18 bits per heavy atom. The number of para-hydroxylation sites is 1. The summed E-state index contributed by atoms with van der Waals surface area (Å²) >= 11 is 7.33. The second-order valence-electron chi connectivity index (χ2n) is 7.11. The molecule has 0 bridgehead atoms. The van der Waals surface area contributed by atoms with E-state index in [0.29, 0.717) is 0 Å². The zero-order valence-electron chi connectivity index (χ0n) is 15.9. The molecule has 1 atom stereocenters. The highest BCUT2D eigenvalue weighted by molar-refractivity contribution is 7.80. The van der Waals surface area contributed by atoms with Crippen LogP contribution in [-0.2, 0) is 4.74 Å². The van der Waals surface area contributed by atoms with Crippen LogP contribution in [0.4, 0.5) is 0 Å². The zero-order chi connectivity index (χ0) is 19.2. The highest BCUT2D eigenvalue weighted by Crippen LogP contribution is 2.32. The Morgan fingerprint density at radius 3 is 2.86 bits per heavy atom. The molecule has 2 aromatic heterocycles.